The van der Waals surface area contributed by atoms with Crippen molar-refractivity contribution in [2.24, 2.45) is 5.92 Å². The number of carboxylic acid groups (broad SMARTS) is 1. The number of ether oxygens (including phenoxy) is 1. The zero-order chi connectivity index (χ0) is 12.2. The molecule has 0 aliphatic heterocycles. The number of hydrogen-bond acceptors (Lipinski definition) is 3. The van der Waals surface area contributed by atoms with Crippen LogP contribution in [0.2, 0.25) is 0 Å². The number of aliphatic carboxylic acids is 1. The van der Waals surface area contributed by atoms with Gasteiger partial charge in [-0.05, 0) is 11.4 Å². The van der Waals surface area contributed by atoms with Crippen LogP contribution in [0.1, 0.15) is 4.88 Å². The Balaban J connectivity index is 2.42. The number of carboxylic acids is 1. The molecule has 16 heavy (non-hydrogen) atoms. The van der Waals surface area contributed by atoms with E-state index in [1.807, 2.05) is 0 Å². The number of thiophene rings is 1. The van der Waals surface area contributed by atoms with Crippen molar-refractivity contribution in [1.29, 1.82) is 0 Å². The first-order valence-electron chi connectivity index (χ1n) is 4.31. The highest BCUT2D eigenvalue weighted by Crippen LogP contribution is 2.27. The van der Waals surface area contributed by atoms with Gasteiger partial charge in [0, 0.05) is 4.88 Å². The molecule has 0 aromatic carbocycles. The predicted octanol–water partition coefficient (Wildman–Crippen LogP) is 2.53. The summed E-state index contributed by atoms with van der Waals surface area (Å²) in [4.78, 5) is 11.1. The Morgan fingerprint density at radius 2 is 2.25 bits per heavy atom. The lowest BCUT2D eigenvalue weighted by Crippen LogP contribution is -2.34. The minimum Gasteiger partial charge on any atom is -0.481 e. The van der Waals surface area contributed by atoms with Crippen molar-refractivity contribution in [3.63, 3.8) is 0 Å². The van der Waals surface area contributed by atoms with Crippen LogP contribution in [0.5, 0.6) is 0 Å². The molecule has 0 saturated heterocycles. The van der Waals surface area contributed by atoms with Crippen LogP contribution < -0.4 is 0 Å². The zero-order valence-electron chi connectivity index (χ0n) is 8.03. The van der Waals surface area contributed by atoms with Gasteiger partial charge < -0.3 is 9.84 Å². The average molecular weight is 254 g/mol. The molecule has 0 saturated carbocycles. The molecule has 0 aliphatic rings. The van der Waals surface area contributed by atoms with E-state index in [1.54, 1.807) is 17.5 Å². The summed E-state index contributed by atoms with van der Waals surface area (Å²) in [5.41, 5.74) is 0. The lowest BCUT2D eigenvalue weighted by molar-refractivity contribution is -0.203. The third kappa shape index (κ3) is 3.82. The third-order valence-corrected chi connectivity index (χ3v) is 2.65. The van der Waals surface area contributed by atoms with Crippen molar-refractivity contribution >= 4 is 17.3 Å². The standard InChI is InChI=1S/C9H9F3O3S/c10-9(11,12)7(8(13)14)5-15-4-6-2-1-3-16-6/h1-3,7H,4-5H2,(H,13,14). The van der Waals surface area contributed by atoms with Crippen LogP contribution in [0.4, 0.5) is 13.2 Å². The highest BCUT2D eigenvalue weighted by Gasteiger charge is 2.45. The molecule has 1 rings (SSSR count). The molecular formula is C9H9F3O3S. The van der Waals surface area contributed by atoms with Crippen LogP contribution in [0.25, 0.3) is 0 Å². The van der Waals surface area contributed by atoms with Gasteiger partial charge in [-0.25, -0.2) is 0 Å². The van der Waals surface area contributed by atoms with Crippen molar-refractivity contribution in [2.75, 3.05) is 6.61 Å². The van der Waals surface area contributed by atoms with Crippen LogP contribution >= 0.6 is 11.3 Å². The van der Waals surface area contributed by atoms with Gasteiger partial charge in [-0.15, -0.1) is 11.3 Å². The second kappa shape index (κ2) is 5.31. The lowest BCUT2D eigenvalue weighted by Gasteiger charge is -2.15. The molecule has 1 aromatic rings. The molecular weight excluding hydrogens is 245 g/mol. The van der Waals surface area contributed by atoms with Gasteiger partial charge in [-0.1, -0.05) is 6.07 Å². The van der Waals surface area contributed by atoms with E-state index >= 15 is 0 Å². The third-order valence-electron chi connectivity index (χ3n) is 1.80. The van der Waals surface area contributed by atoms with E-state index in [9.17, 15) is 18.0 Å². The van der Waals surface area contributed by atoms with Crippen molar-refractivity contribution < 1.29 is 27.8 Å². The molecule has 0 fully saturated rings. The number of rotatable bonds is 5. The maximum Gasteiger partial charge on any atom is 0.404 e. The molecule has 1 aromatic heterocycles. The first-order chi connectivity index (χ1) is 7.41. The van der Waals surface area contributed by atoms with Crippen molar-refractivity contribution in [1.82, 2.24) is 0 Å². The molecule has 1 N–H and O–H groups in total. The van der Waals surface area contributed by atoms with Crippen LogP contribution in [0.3, 0.4) is 0 Å². The Bertz CT molecular complexity index is 334. The molecule has 0 spiro atoms. The van der Waals surface area contributed by atoms with Gasteiger partial charge in [0.2, 0.25) is 0 Å². The van der Waals surface area contributed by atoms with E-state index in [4.69, 9.17) is 9.84 Å². The number of alkyl halides is 3. The Labute approximate surface area is 93.5 Å². The van der Waals surface area contributed by atoms with Crippen LogP contribution in [0.15, 0.2) is 17.5 Å². The number of carbonyl (C=O) groups is 1. The van der Waals surface area contributed by atoms with Crippen LogP contribution in [0, 0.1) is 5.92 Å². The summed E-state index contributed by atoms with van der Waals surface area (Å²) in [5, 5.41) is 10.1. The molecule has 1 atom stereocenters. The fourth-order valence-electron chi connectivity index (χ4n) is 0.978. The van der Waals surface area contributed by atoms with Gasteiger partial charge in [-0.2, -0.15) is 13.2 Å². The highest BCUT2D eigenvalue weighted by atomic mass is 32.1. The minimum atomic E-state index is -4.78. The summed E-state index contributed by atoms with van der Waals surface area (Å²) < 4.78 is 41.3. The van der Waals surface area contributed by atoms with Gasteiger partial charge >= 0.3 is 12.1 Å². The summed E-state index contributed by atoms with van der Waals surface area (Å²) in [6.07, 6.45) is -4.78. The Hall–Kier alpha value is -1.08. The van der Waals surface area contributed by atoms with E-state index in [0.29, 0.717) is 0 Å². The summed E-state index contributed by atoms with van der Waals surface area (Å²) in [5.74, 6) is -4.38. The molecule has 1 heterocycles. The topological polar surface area (TPSA) is 46.5 Å². The second-order valence-electron chi connectivity index (χ2n) is 3.03. The van der Waals surface area contributed by atoms with Gasteiger partial charge in [0.05, 0.1) is 13.2 Å². The fourth-order valence-corrected chi connectivity index (χ4v) is 1.62. The molecule has 0 bridgehead atoms. The Kier molecular flexibility index (Phi) is 4.31. The summed E-state index contributed by atoms with van der Waals surface area (Å²) in [6.45, 7) is -0.867. The normalized spacial score (nSPS) is 13.7. The van der Waals surface area contributed by atoms with E-state index in [1.165, 1.54) is 11.3 Å². The summed E-state index contributed by atoms with van der Waals surface area (Å²) >= 11 is 1.34. The van der Waals surface area contributed by atoms with Crippen molar-refractivity contribution in [2.45, 2.75) is 12.8 Å². The molecule has 7 heteroatoms. The molecule has 0 amide bonds. The van der Waals surface area contributed by atoms with E-state index < -0.39 is 24.7 Å². The van der Waals surface area contributed by atoms with E-state index in [-0.39, 0.29) is 6.61 Å². The van der Waals surface area contributed by atoms with Crippen molar-refractivity contribution in [3.05, 3.63) is 22.4 Å². The van der Waals surface area contributed by atoms with Crippen molar-refractivity contribution in [3.8, 4) is 0 Å². The fraction of sp³-hybridized carbons (Fsp3) is 0.444. The summed E-state index contributed by atoms with van der Waals surface area (Å²) in [7, 11) is 0. The zero-order valence-corrected chi connectivity index (χ0v) is 8.85. The molecule has 0 aliphatic carbocycles. The van der Waals surface area contributed by atoms with Crippen LogP contribution in [-0.4, -0.2) is 23.9 Å². The van der Waals surface area contributed by atoms with Gasteiger partial charge in [-0.3, -0.25) is 4.79 Å². The van der Waals surface area contributed by atoms with E-state index in [0.717, 1.165) is 4.88 Å². The quantitative estimate of drug-likeness (QED) is 0.878. The maximum atomic E-state index is 12.2. The predicted molar refractivity (Wildman–Crippen MR) is 51.2 cm³/mol. The largest absolute Gasteiger partial charge is 0.481 e. The first kappa shape index (κ1) is 13.0. The minimum absolute atomic E-state index is 0.00245. The van der Waals surface area contributed by atoms with Gasteiger partial charge in [0.1, 0.15) is 0 Å². The van der Waals surface area contributed by atoms with Crippen LogP contribution in [-0.2, 0) is 16.1 Å². The number of halogens is 3. The Morgan fingerprint density at radius 1 is 1.56 bits per heavy atom. The Morgan fingerprint density at radius 3 is 2.69 bits per heavy atom. The summed E-state index contributed by atoms with van der Waals surface area (Å²) in [6, 6.07) is 3.44. The van der Waals surface area contributed by atoms with E-state index in [2.05, 4.69) is 0 Å². The first-order valence-corrected chi connectivity index (χ1v) is 5.19. The van der Waals surface area contributed by atoms with Gasteiger partial charge in [0.15, 0.2) is 5.92 Å². The monoisotopic (exact) mass is 254 g/mol. The maximum absolute atomic E-state index is 12.2. The molecule has 1 unspecified atom stereocenters. The lowest BCUT2D eigenvalue weighted by atomic mass is 10.1. The highest BCUT2D eigenvalue weighted by molar-refractivity contribution is 7.09. The number of hydrogen-bond donors (Lipinski definition) is 1. The molecule has 3 nitrogen and oxygen atoms in total. The van der Waals surface area contributed by atoms with Gasteiger partial charge in [0.25, 0.3) is 0 Å². The smallest absolute Gasteiger partial charge is 0.404 e. The average Bonchev–Trinajstić information content (AvgIpc) is 2.61. The second-order valence-corrected chi connectivity index (χ2v) is 4.06. The molecule has 0 radical (unpaired) electrons. The molecule has 90 valence electrons. The SMILES string of the molecule is O=C(O)C(COCc1cccs1)C(F)(F)F.